The van der Waals surface area contributed by atoms with Gasteiger partial charge in [0, 0.05) is 6.42 Å². The van der Waals surface area contributed by atoms with Crippen LogP contribution in [0.5, 0.6) is 0 Å². The third kappa shape index (κ3) is 2.07. The van der Waals surface area contributed by atoms with Crippen molar-refractivity contribution >= 4 is 0 Å². The number of hydrogen-bond acceptors (Lipinski definition) is 1. The molecule has 0 amide bonds. The van der Waals surface area contributed by atoms with Crippen molar-refractivity contribution in [2.75, 3.05) is 0 Å². The summed E-state index contributed by atoms with van der Waals surface area (Å²) in [5, 5.41) is 9.22. The largest absolute Gasteiger partial charge is 0.393 e. The van der Waals surface area contributed by atoms with Crippen molar-refractivity contribution in [2.45, 2.75) is 31.8 Å². The van der Waals surface area contributed by atoms with Crippen molar-refractivity contribution in [3.05, 3.63) is 0 Å². The molecule has 1 nitrogen and oxygen atoms in total. The van der Waals surface area contributed by atoms with Gasteiger partial charge in [-0.1, -0.05) is 0 Å². The molecule has 1 saturated carbocycles. The molecule has 1 fully saturated rings. The third-order valence-corrected chi connectivity index (χ3v) is 1.75. The highest BCUT2D eigenvalue weighted by Crippen LogP contribution is 2.34. The average molecular weight is 124 g/mol. The maximum absolute atomic E-state index is 9.22. The Morgan fingerprint density at radius 3 is 2.78 bits per heavy atom. The fourth-order valence-electron chi connectivity index (χ4n) is 0.948. The summed E-state index contributed by atoms with van der Waals surface area (Å²) in [6, 6.07) is 0. The molecule has 1 heteroatoms. The quantitative estimate of drug-likeness (QED) is 0.560. The predicted molar refractivity (Wildman–Crippen MR) is 36.8 cm³/mol. The summed E-state index contributed by atoms with van der Waals surface area (Å²) in [5.41, 5.74) is 0. The Kier molecular flexibility index (Phi) is 2.13. The molecule has 0 saturated heterocycles. The van der Waals surface area contributed by atoms with Gasteiger partial charge < -0.3 is 5.11 Å². The Bertz CT molecular complexity index is 119. The maximum Gasteiger partial charge on any atom is 0.0577 e. The van der Waals surface area contributed by atoms with E-state index in [0.29, 0.717) is 5.92 Å². The van der Waals surface area contributed by atoms with E-state index in [1.54, 1.807) is 0 Å². The van der Waals surface area contributed by atoms with Gasteiger partial charge in [-0.2, -0.15) is 0 Å². The van der Waals surface area contributed by atoms with E-state index in [1.807, 2.05) is 0 Å². The van der Waals surface area contributed by atoms with Gasteiger partial charge in [-0.3, -0.25) is 0 Å². The summed E-state index contributed by atoms with van der Waals surface area (Å²) in [6.45, 7) is 0. The maximum atomic E-state index is 9.22. The van der Waals surface area contributed by atoms with Gasteiger partial charge in [-0.15, -0.1) is 12.3 Å². The van der Waals surface area contributed by atoms with Crippen LogP contribution in [0.1, 0.15) is 25.7 Å². The molecule has 0 aliphatic heterocycles. The highest BCUT2D eigenvalue weighted by Gasteiger charge is 2.28. The smallest absolute Gasteiger partial charge is 0.0577 e. The minimum absolute atomic E-state index is 0.110. The van der Waals surface area contributed by atoms with E-state index < -0.39 is 0 Å². The minimum Gasteiger partial charge on any atom is -0.393 e. The van der Waals surface area contributed by atoms with Crippen molar-refractivity contribution in [1.82, 2.24) is 0 Å². The lowest BCUT2D eigenvalue weighted by atomic mass is 10.1. The van der Waals surface area contributed by atoms with Crippen molar-refractivity contribution in [1.29, 1.82) is 0 Å². The molecule has 0 aromatic carbocycles. The van der Waals surface area contributed by atoms with Crippen LogP contribution >= 0.6 is 0 Å². The molecule has 0 spiro atoms. The molecule has 1 atom stereocenters. The second-order valence-electron chi connectivity index (χ2n) is 2.65. The summed E-state index contributed by atoms with van der Waals surface area (Å²) in [5.74, 6) is 3.10. The number of aliphatic hydroxyl groups is 1. The van der Waals surface area contributed by atoms with Crippen LogP contribution in [0.15, 0.2) is 0 Å². The first-order valence-corrected chi connectivity index (χ1v) is 3.46. The monoisotopic (exact) mass is 124 g/mol. The molecule has 0 heterocycles. The van der Waals surface area contributed by atoms with E-state index in [-0.39, 0.29) is 6.10 Å². The topological polar surface area (TPSA) is 20.2 Å². The highest BCUT2D eigenvalue weighted by molar-refractivity contribution is 4.88. The van der Waals surface area contributed by atoms with E-state index in [9.17, 15) is 5.11 Å². The fraction of sp³-hybridized carbons (Fsp3) is 0.750. The van der Waals surface area contributed by atoms with Crippen molar-refractivity contribution in [3.8, 4) is 12.3 Å². The van der Waals surface area contributed by atoms with Crippen LogP contribution < -0.4 is 0 Å². The first-order chi connectivity index (χ1) is 4.34. The molecule has 1 aliphatic rings. The van der Waals surface area contributed by atoms with Crippen LogP contribution in [0.4, 0.5) is 0 Å². The number of terminal acetylenes is 1. The summed E-state index contributed by atoms with van der Waals surface area (Å²) in [6.07, 6.45) is 8.84. The lowest BCUT2D eigenvalue weighted by Crippen LogP contribution is -2.07. The average Bonchev–Trinajstić information content (AvgIpc) is 2.63. The predicted octanol–water partition coefficient (Wildman–Crippen LogP) is 1.17. The summed E-state index contributed by atoms with van der Waals surface area (Å²) < 4.78 is 0. The van der Waals surface area contributed by atoms with E-state index in [2.05, 4.69) is 5.92 Å². The van der Waals surface area contributed by atoms with E-state index in [0.717, 1.165) is 12.8 Å². The Hall–Kier alpha value is -0.480. The van der Waals surface area contributed by atoms with Gasteiger partial charge in [-0.25, -0.2) is 0 Å². The van der Waals surface area contributed by atoms with Gasteiger partial charge in [0.1, 0.15) is 0 Å². The second-order valence-corrected chi connectivity index (χ2v) is 2.65. The zero-order valence-corrected chi connectivity index (χ0v) is 5.51. The van der Waals surface area contributed by atoms with Crippen LogP contribution in [-0.2, 0) is 0 Å². The normalized spacial score (nSPS) is 20.9. The van der Waals surface area contributed by atoms with Crippen LogP contribution in [0, 0.1) is 18.3 Å². The summed E-state index contributed by atoms with van der Waals surface area (Å²) in [4.78, 5) is 0. The number of aliphatic hydroxyl groups excluding tert-OH is 1. The standard InChI is InChI=1S/C8H12O/c1-2-3-4-8(9)7-5-6-7/h1,7-9H,3-6H2. The highest BCUT2D eigenvalue weighted by atomic mass is 16.3. The van der Waals surface area contributed by atoms with Gasteiger partial charge in [0.25, 0.3) is 0 Å². The van der Waals surface area contributed by atoms with Crippen LogP contribution in [0.25, 0.3) is 0 Å². The molecule has 1 rings (SSSR count). The van der Waals surface area contributed by atoms with Gasteiger partial charge in [0.05, 0.1) is 6.10 Å². The molecule has 0 aromatic heterocycles. The van der Waals surface area contributed by atoms with Gasteiger partial charge in [-0.05, 0) is 25.2 Å². The molecule has 1 N–H and O–H groups in total. The molecule has 0 aromatic rings. The van der Waals surface area contributed by atoms with Gasteiger partial charge in [0.2, 0.25) is 0 Å². The number of hydrogen-bond donors (Lipinski definition) is 1. The SMILES string of the molecule is C#CCCC(O)C1CC1. The van der Waals surface area contributed by atoms with E-state index in [4.69, 9.17) is 6.42 Å². The van der Waals surface area contributed by atoms with Crippen LogP contribution in [-0.4, -0.2) is 11.2 Å². The van der Waals surface area contributed by atoms with Gasteiger partial charge >= 0.3 is 0 Å². The molecular weight excluding hydrogens is 112 g/mol. The number of rotatable bonds is 3. The molecule has 50 valence electrons. The van der Waals surface area contributed by atoms with Crippen LogP contribution in [0.3, 0.4) is 0 Å². The van der Waals surface area contributed by atoms with Crippen LogP contribution in [0.2, 0.25) is 0 Å². The Balaban J connectivity index is 2.04. The Labute approximate surface area is 56.1 Å². The second kappa shape index (κ2) is 2.89. The van der Waals surface area contributed by atoms with Crippen molar-refractivity contribution in [3.63, 3.8) is 0 Å². The van der Waals surface area contributed by atoms with E-state index in [1.165, 1.54) is 12.8 Å². The molecule has 0 bridgehead atoms. The summed E-state index contributed by atoms with van der Waals surface area (Å²) in [7, 11) is 0. The van der Waals surface area contributed by atoms with Crippen molar-refractivity contribution < 1.29 is 5.11 Å². The zero-order chi connectivity index (χ0) is 6.69. The first kappa shape index (κ1) is 6.64. The molecular formula is C8H12O. The summed E-state index contributed by atoms with van der Waals surface area (Å²) >= 11 is 0. The molecule has 1 unspecified atom stereocenters. The third-order valence-electron chi connectivity index (χ3n) is 1.75. The molecule has 9 heavy (non-hydrogen) atoms. The molecule has 0 radical (unpaired) electrons. The lowest BCUT2D eigenvalue weighted by Gasteiger charge is -2.03. The fourth-order valence-corrected chi connectivity index (χ4v) is 0.948. The lowest BCUT2D eigenvalue weighted by molar-refractivity contribution is 0.143. The van der Waals surface area contributed by atoms with E-state index >= 15 is 0 Å². The Morgan fingerprint density at radius 2 is 2.33 bits per heavy atom. The van der Waals surface area contributed by atoms with Gasteiger partial charge in [0.15, 0.2) is 0 Å². The Morgan fingerprint density at radius 1 is 1.67 bits per heavy atom. The molecule has 1 aliphatic carbocycles. The zero-order valence-electron chi connectivity index (χ0n) is 5.51. The minimum atomic E-state index is -0.110. The first-order valence-electron chi connectivity index (χ1n) is 3.46. The van der Waals surface area contributed by atoms with Crippen molar-refractivity contribution in [2.24, 2.45) is 5.92 Å².